The summed E-state index contributed by atoms with van der Waals surface area (Å²) in [6.07, 6.45) is 0. The number of hydrogen-bond donors (Lipinski definition) is 1. The molecule has 1 heterocycles. The number of alkyl halides is 1. The maximum absolute atomic E-state index is 11.7. The summed E-state index contributed by atoms with van der Waals surface area (Å²) < 4.78 is 0.640. The van der Waals surface area contributed by atoms with Crippen molar-refractivity contribution in [3.63, 3.8) is 0 Å². The van der Waals surface area contributed by atoms with Gasteiger partial charge in [0.2, 0.25) is 0 Å². The van der Waals surface area contributed by atoms with Crippen LogP contribution in [0.4, 0.5) is 0 Å². The zero-order valence-corrected chi connectivity index (χ0v) is 11.7. The summed E-state index contributed by atoms with van der Waals surface area (Å²) in [5, 5.41) is 3.82. The standard InChI is InChI=1S/C10H13BrClNOS/c1-6(5-11)7(2)13-10(14)8-3-4-9(12)15-8/h3-4,6-7H,5H2,1-2H3,(H,13,14). The average molecular weight is 311 g/mol. The van der Waals surface area contributed by atoms with Gasteiger partial charge in [-0.05, 0) is 25.0 Å². The van der Waals surface area contributed by atoms with Crippen LogP contribution in [-0.4, -0.2) is 17.3 Å². The highest BCUT2D eigenvalue weighted by Crippen LogP contribution is 2.21. The van der Waals surface area contributed by atoms with E-state index in [1.165, 1.54) is 11.3 Å². The topological polar surface area (TPSA) is 29.1 Å². The van der Waals surface area contributed by atoms with Crippen molar-refractivity contribution in [3.05, 3.63) is 21.3 Å². The van der Waals surface area contributed by atoms with Crippen LogP contribution in [0.5, 0.6) is 0 Å². The predicted molar refractivity (Wildman–Crippen MR) is 69.2 cm³/mol. The first-order chi connectivity index (χ1) is 7.04. The molecular formula is C10H13BrClNOS. The molecule has 0 saturated carbocycles. The number of hydrogen-bond acceptors (Lipinski definition) is 2. The second-order valence-corrected chi connectivity index (χ2v) is 5.86. The van der Waals surface area contributed by atoms with E-state index in [0.29, 0.717) is 15.1 Å². The van der Waals surface area contributed by atoms with Crippen molar-refractivity contribution in [1.82, 2.24) is 5.32 Å². The highest BCUT2D eigenvalue weighted by Gasteiger charge is 2.15. The molecule has 0 aliphatic heterocycles. The van der Waals surface area contributed by atoms with Crippen molar-refractivity contribution in [2.45, 2.75) is 19.9 Å². The first-order valence-corrected chi connectivity index (χ1v) is 6.98. The van der Waals surface area contributed by atoms with E-state index >= 15 is 0 Å². The van der Waals surface area contributed by atoms with E-state index in [9.17, 15) is 4.79 Å². The fourth-order valence-corrected chi connectivity index (χ4v) is 2.50. The van der Waals surface area contributed by atoms with Crippen LogP contribution in [0.1, 0.15) is 23.5 Å². The lowest BCUT2D eigenvalue weighted by Crippen LogP contribution is -2.37. The van der Waals surface area contributed by atoms with E-state index < -0.39 is 0 Å². The van der Waals surface area contributed by atoms with Crippen molar-refractivity contribution in [1.29, 1.82) is 0 Å². The summed E-state index contributed by atoms with van der Waals surface area (Å²) in [6, 6.07) is 3.63. The smallest absolute Gasteiger partial charge is 0.261 e. The van der Waals surface area contributed by atoms with E-state index in [2.05, 4.69) is 28.2 Å². The van der Waals surface area contributed by atoms with Gasteiger partial charge in [-0.15, -0.1) is 11.3 Å². The molecule has 0 aliphatic carbocycles. The fourth-order valence-electron chi connectivity index (χ4n) is 0.990. The fraction of sp³-hybridized carbons (Fsp3) is 0.500. The number of rotatable bonds is 4. The zero-order chi connectivity index (χ0) is 11.4. The molecule has 1 N–H and O–H groups in total. The molecule has 0 bridgehead atoms. The Morgan fingerprint density at radius 2 is 2.27 bits per heavy atom. The van der Waals surface area contributed by atoms with Gasteiger partial charge in [0.15, 0.2) is 0 Å². The van der Waals surface area contributed by atoms with Gasteiger partial charge in [0.1, 0.15) is 0 Å². The molecule has 0 spiro atoms. The Morgan fingerprint density at radius 1 is 1.60 bits per heavy atom. The summed E-state index contributed by atoms with van der Waals surface area (Å²) in [5.74, 6) is 0.358. The van der Waals surface area contributed by atoms with Crippen molar-refractivity contribution in [2.24, 2.45) is 5.92 Å². The minimum Gasteiger partial charge on any atom is -0.349 e. The van der Waals surface area contributed by atoms with E-state index in [4.69, 9.17) is 11.6 Å². The minimum absolute atomic E-state index is 0.0489. The third kappa shape index (κ3) is 3.78. The molecule has 5 heteroatoms. The van der Waals surface area contributed by atoms with Crippen LogP contribution in [0, 0.1) is 5.92 Å². The first-order valence-electron chi connectivity index (χ1n) is 4.66. The van der Waals surface area contributed by atoms with Gasteiger partial charge in [-0.25, -0.2) is 0 Å². The summed E-state index contributed by atoms with van der Waals surface area (Å²) >= 11 is 10.5. The van der Waals surface area contributed by atoms with Crippen molar-refractivity contribution >= 4 is 44.8 Å². The Hall–Kier alpha value is -0.0600. The Kier molecular flexibility index (Phi) is 5.09. The van der Waals surface area contributed by atoms with Crippen LogP contribution in [-0.2, 0) is 0 Å². The van der Waals surface area contributed by atoms with E-state index in [0.717, 1.165) is 5.33 Å². The second-order valence-electron chi connectivity index (χ2n) is 3.50. The summed E-state index contributed by atoms with van der Waals surface area (Å²) in [5.41, 5.74) is 0. The van der Waals surface area contributed by atoms with Gasteiger partial charge in [-0.3, -0.25) is 4.79 Å². The molecule has 0 fully saturated rings. The molecule has 0 aromatic carbocycles. The lowest BCUT2D eigenvalue weighted by Gasteiger charge is -2.18. The number of carbonyl (C=O) groups excluding carboxylic acids is 1. The van der Waals surface area contributed by atoms with E-state index in [-0.39, 0.29) is 11.9 Å². The molecule has 1 amide bonds. The third-order valence-corrected chi connectivity index (χ3v) is 4.50. The van der Waals surface area contributed by atoms with E-state index in [1.54, 1.807) is 12.1 Å². The Labute approximate surface area is 107 Å². The van der Waals surface area contributed by atoms with E-state index in [1.807, 2.05) is 6.92 Å². The molecule has 0 radical (unpaired) electrons. The van der Waals surface area contributed by atoms with Gasteiger partial charge in [0, 0.05) is 11.4 Å². The molecule has 1 rings (SSSR count). The normalized spacial score (nSPS) is 14.7. The van der Waals surface area contributed by atoms with Gasteiger partial charge in [-0.2, -0.15) is 0 Å². The van der Waals surface area contributed by atoms with Crippen LogP contribution >= 0.6 is 38.9 Å². The Bertz CT molecular complexity index is 342. The largest absolute Gasteiger partial charge is 0.349 e. The maximum Gasteiger partial charge on any atom is 0.261 e. The summed E-state index contributed by atoms with van der Waals surface area (Å²) in [6.45, 7) is 4.08. The average Bonchev–Trinajstić information content (AvgIpc) is 2.63. The maximum atomic E-state index is 11.7. The van der Waals surface area contributed by atoms with Gasteiger partial charge in [0.05, 0.1) is 9.21 Å². The van der Waals surface area contributed by atoms with Crippen LogP contribution < -0.4 is 5.32 Å². The molecule has 0 saturated heterocycles. The van der Waals surface area contributed by atoms with Crippen LogP contribution in [0.3, 0.4) is 0 Å². The third-order valence-electron chi connectivity index (χ3n) is 2.25. The van der Waals surface area contributed by atoms with Crippen LogP contribution in [0.2, 0.25) is 4.34 Å². The number of nitrogens with one attached hydrogen (secondary N) is 1. The van der Waals surface area contributed by atoms with Crippen molar-refractivity contribution in [2.75, 3.05) is 5.33 Å². The molecule has 15 heavy (non-hydrogen) atoms. The predicted octanol–water partition coefficient (Wildman–Crippen LogP) is 3.55. The monoisotopic (exact) mass is 309 g/mol. The molecular weight excluding hydrogens is 298 g/mol. The SMILES string of the molecule is CC(CBr)C(C)NC(=O)c1ccc(Cl)s1. The number of carbonyl (C=O) groups is 1. The molecule has 1 aromatic rings. The van der Waals surface area contributed by atoms with Crippen LogP contribution in [0.15, 0.2) is 12.1 Å². The number of amides is 1. The lowest BCUT2D eigenvalue weighted by molar-refractivity contribution is 0.0935. The molecule has 2 nitrogen and oxygen atoms in total. The summed E-state index contributed by atoms with van der Waals surface area (Å²) in [4.78, 5) is 12.4. The Morgan fingerprint density at radius 3 is 2.73 bits per heavy atom. The van der Waals surface area contributed by atoms with Crippen molar-refractivity contribution < 1.29 is 4.79 Å². The Balaban J connectivity index is 2.56. The molecule has 0 aliphatic rings. The lowest BCUT2D eigenvalue weighted by atomic mass is 10.1. The molecule has 2 unspecified atom stereocenters. The number of thiophene rings is 1. The molecule has 84 valence electrons. The second kappa shape index (κ2) is 5.87. The number of halogens is 2. The minimum atomic E-state index is -0.0489. The molecule has 2 atom stereocenters. The summed E-state index contributed by atoms with van der Waals surface area (Å²) in [7, 11) is 0. The highest BCUT2D eigenvalue weighted by molar-refractivity contribution is 9.09. The van der Waals surface area contributed by atoms with Gasteiger partial charge >= 0.3 is 0 Å². The molecule has 1 aromatic heterocycles. The van der Waals surface area contributed by atoms with Gasteiger partial charge in [-0.1, -0.05) is 34.5 Å². The van der Waals surface area contributed by atoms with Gasteiger partial charge in [0.25, 0.3) is 5.91 Å². The zero-order valence-electron chi connectivity index (χ0n) is 8.59. The van der Waals surface area contributed by atoms with Crippen molar-refractivity contribution in [3.8, 4) is 0 Å². The van der Waals surface area contributed by atoms with Gasteiger partial charge < -0.3 is 5.32 Å². The quantitative estimate of drug-likeness (QED) is 0.847. The first kappa shape index (κ1) is 13.0. The highest BCUT2D eigenvalue weighted by atomic mass is 79.9. The van der Waals surface area contributed by atoms with Crippen LogP contribution in [0.25, 0.3) is 0 Å².